The van der Waals surface area contributed by atoms with E-state index in [1.54, 1.807) is 18.2 Å². The molecule has 18 heavy (non-hydrogen) atoms. The summed E-state index contributed by atoms with van der Waals surface area (Å²) in [5, 5.41) is 5.93. The van der Waals surface area contributed by atoms with Crippen molar-refractivity contribution in [3.05, 3.63) is 18.2 Å². The lowest BCUT2D eigenvalue weighted by Gasteiger charge is -2.20. The second kappa shape index (κ2) is 4.86. The van der Waals surface area contributed by atoms with Crippen molar-refractivity contribution >= 4 is 11.6 Å². The summed E-state index contributed by atoms with van der Waals surface area (Å²) in [4.78, 5) is 11.7. The van der Waals surface area contributed by atoms with Crippen LogP contribution < -0.4 is 20.1 Å². The minimum atomic E-state index is -0.0798. The highest BCUT2D eigenvalue weighted by atomic mass is 16.7. The number of carbonyl (C=O) groups excluding carboxylic acids is 1. The number of rotatable bonds is 3. The minimum Gasteiger partial charge on any atom is -0.454 e. The third-order valence-corrected chi connectivity index (χ3v) is 2.44. The average Bonchev–Trinajstić information content (AvgIpc) is 2.72. The smallest absolute Gasteiger partial charge is 0.238 e. The highest BCUT2D eigenvalue weighted by Gasteiger charge is 2.15. The van der Waals surface area contributed by atoms with Gasteiger partial charge in [0, 0.05) is 17.3 Å². The summed E-state index contributed by atoms with van der Waals surface area (Å²) in [5.41, 5.74) is 0.631. The van der Waals surface area contributed by atoms with Crippen molar-refractivity contribution in [2.75, 3.05) is 18.7 Å². The van der Waals surface area contributed by atoms with Gasteiger partial charge in [0.05, 0.1) is 6.54 Å². The molecule has 1 aliphatic heterocycles. The first kappa shape index (κ1) is 12.7. The first-order valence-corrected chi connectivity index (χ1v) is 5.88. The van der Waals surface area contributed by atoms with E-state index in [2.05, 4.69) is 10.6 Å². The molecule has 1 amide bonds. The predicted molar refractivity (Wildman–Crippen MR) is 69.0 cm³/mol. The largest absolute Gasteiger partial charge is 0.454 e. The highest BCUT2D eigenvalue weighted by molar-refractivity contribution is 5.92. The monoisotopic (exact) mass is 250 g/mol. The number of hydrogen-bond acceptors (Lipinski definition) is 4. The summed E-state index contributed by atoms with van der Waals surface area (Å²) in [6.45, 7) is 6.55. The number of carbonyl (C=O) groups is 1. The Kier molecular flexibility index (Phi) is 3.43. The third kappa shape index (κ3) is 3.37. The summed E-state index contributed by atoms with van der Waals surface area (Å²) in [7, 11) is 0. The molecule has 98 valence electrons. The van der Waals surface area contributed by atoms with Gasteiger partial charge in [0.25, 0.3) is 0 Å². The Morgan fingerprint density at radius 1 is 1.28 bits per heavy atom. The Morgan fingerprint density at radius 3 is 2.72 bits per heavy atom. The zero-order valence-corrected chi connectivity index (χ0v) is 10.9. The van der Waals surface area contributed by atoms with Gasteiger partial charge in [-0.25, -0.2) is 0 Å². The van der Waals surface area contributed by atoms with Crippen molar-refractivity contribution in [3.8, 4) is 11.5 Å². The van der Waals surface area contributed by atoms with Crippen LogP contribution in [0.1, 0.15) is 20.8 Å². The maximum atomic E-state index is 11.7. The number of nitrogens with one attached hydrogen (secondary N) is 2. The van der Waals surface area contributed by atoms with Crippen LogP contribution in [0.4, 0.5) is 5.69 Å². The van der Waals surface area contributed by atoms with E-state index < -0.39 is 0 Å². The summed E-state index contributed by atoms with van der Waals surface area (Å²) < 4.78 is 10.4. The standard InChI is InChI=1S/C13H18N2O3/c1-13(2,3)14-7-12(16)15-9-4-5-10-11(6-9)18-8-17-10/h4-6,14H,7-8H2,1-3H3,(H,15,16). The molecule has 0 atom stereocenters. The summed E-state index contributed by atoms with van der Waals surface area (Å²) in [5.74, 6) is 1.29. The van der Waals surface area contributed by atoms with Crippen LogP contribution in [0.3, 0.4) is 0 Å². The number of ether oxygens (including phenoxy) is 2. The van der Waals surface area contributed by atoms with E-state index in [1.807, 2.05) is 20.8 Å². The quantitative estimate of drug-likeness (QED) is 0.858. The fourth-order valence-electron chi connectivity index (χ4n) is 1.52. The molecule has 1 aliphatic rings. The lowest BCUT2D eigenvalue weighted by Crippen LogP contribution is -2.41. The molecule has 5 heteroatoms. The van der Waals surface area contributed by atoms with E-state index in [4.69, 9.17) is 9.47 Å². The van der Waals surface area contributed by atoms with Gasteiger partial charge in [0.1, 0.15) is 0 Å². The lowest BCUT2D eigenvalue weighted by molar-refractivity contribution is -0.115. The van der Waals surface area contributed by atoms with Crippen LogP contribution in [0.2, 0.25) is 0 Å². The summed E-state index contributed by atoms with van der Waals surface area (Å²) >= 11 is 0. The molecule has 0 aromatic heterocycles. The highest BCUT2D eigenvalue weighted by Crippen LogP contribution is 2.34. The second-order valence-electron chi connectivity index (χ2n) is 5.22. The van der Waals surface area contributed by atoms with E-state index in [9.17, 15) is 4.79 Å². The molecule has 1 heterocycles. The molecule has 0 aliphatic carbocycles. The number of amides is 1. The first-order chi connectivity index (χ1) is 8.44. The van der Waals surface area contributed by atoms with Gasteiger partial charge >= 0.3 is 0 Å². The van der Waals surface area contributed by atoms with E-state index in [0.29, 0.717) is 17.2 Å². The van der Waals surface area contributed by atoms with E-state index in [-0.39, 0.29) is 24.8 Å². The van der Waals surface area contributed by atoms with Crippen molar-refractivity contribution in [2.45, 2.75) is 26.3 Å². The number of anilines is 1. The lowest BCUT2D eigenvalue weighted by atomic mass is 10.1. The Labute approximate surface area is 106 Å². The number of benzene rings is 1. The van der Waals surface area contributed by atoms with E-state index >= 15 is 0 Å². The topological polar surface area (TPSA) is 59.6 Å². The SMILES string of the molecule is CC(C)(C)NCC(=O)Nc1ccc2c(c1)OCO2. The maximum absolute atomic E-state index is 11.7. The van der Waals surface area contributed by atoms with Gasteiger partial charge < -0.3 is 20.1 Å². The van der Waals surface area contributed by atoms with Gasteiger partial charge in [-0.2, -0.15) is 0 Å². The summed E-state index contributed by atoms with van der Waals surface area (Å²) in [6, 6.07) is 5.34. The van der Waals surface area contributed by atoms with Gasteiger partial charge in [-0.3, -0.25) is 4.79 Å². The zero-order valence-electron chi connectivity index (χ0n) is 10.9. The average molecular weight is 250 g/mol. The molecule has 1 aromatic carbocycles. The molecular weight excluding hydrogens is 232 g/mol. The third-order valence-electron chi connectivity index (χ3n) is 2.44. The van der Waals surface area contributed by atoms with Gasteiger partial charge in [0.2, 0.25) is 12.7 Å². The van der Waals surface area contributed by atoms with Crippen LogP contribution in [0.5, 0.6) is 11.5 Å². The van der Waals surface area contributed by atoms with E-state index in [0.717, 1.165) is 0 Å². The van der Waals surface area contributed by atoms with Gasteiger partial charge in [0.15, 0.2) is 11.5 Å². The molecule has 2 N–H and O–H groups in total. The molecule has 0 saturated carbocycles. The fourth-order valence-corrected chi connectivity index (χ4v) is 1.52. The molecular formula is C13H18N2O3. The first-order valence-electron chi connectivity index (χ1n) is 5.88. The van der Waals surface area contributed by atoms with Crippen LogP contribution in [-0.4, -0.2) is 24.8 Å². The molecule has 2 rings (SSSR count). The van der Waals surface area contributed by atoms with Gasteiger partial charge in [-0.1, -0.05) is 0 Å². The van der Waals surface area contributed by atoms with Crippen LogP contribution in [0.15, 0.2) is 18.2 Å². The molecule has 0 unspecified atom stereocenters. The minimum absolute atomic E-state index is 0.0772. The van der Waals surface area contributed by atoms with Crippen molar-refractivity contribution in [1.29, 1.82) is 0 Å². The van der Waals surface area contributed by atoms with Gasteiger partial charge in [-0.05, 0) is 32.9 Å². The molecule has 0 radical (unpaired) electrons. The molecule has 0 fully saturated rings. The van der Waals surface area contributed by atoms with Crippen LogP contribution in [0, 0.1) is 0 Å². The number of hydrogen-bond donors (Lipinski definition) is 2. The van der Waals surface area contributed by atoms with E-state index in [1.165, 1.54) is 0 Å². The Morgan fingerprint density at radius 2 is 2.00 bits per heavy atom. The van der Waals surface area contributed by atoms with Crippen LogP contribution in [0.25, 0.3) is 0 Å². The van der Waals surface area contributed by atoms with Crippen LogP contribution in [-0.2, 0) is 4.79 Å². The number of fused-ring (bicyclic) bond motifs is 1. The normalized spacial score (nSPS) is 13.5. The van der Waals surface area contributed by atoms with Crippen molar-refractivity contribution in [1.82, 2.24) is 5.32 Å². The predicted octanol–water partition coefficient (Wildman–Crippen LogP) is 1.74. The molecule has 0 saturated heterocycles. The summed E-state index contributed by atoms with van der Waals surface area (Å²) in [6.07, 6.45) is 0. The zero-order chi connectivity index (χ0) is 13.2. The molecule has 0 bridgehead atoms. The molecule has 5 nitrogen and oxygen atoms in total. The Balaban J connectivity index is 1.91. The fraction of sp³-hybridized carbons (Fsp3) is 0.462. The Bertz CT molecular complexity index is 452. The van der Waals surface area contributed by atoms with Crippen molar-refractivity contribution < 1.29 is 14.3 Å². The van der Waals surface area contributed by atoms with Crippen LogP contribution >= 0.6 is 0 Å². The van der Waals surface area contributed by atoms with Crippen molar-refractivity contribution in [3.63, 3.8) is 0 Å². The maximum Gasteiger partial charge on any atom is 0.238 e. The van der Waals surface area contributed by atoms with Gasteiger partial charge in [-0.15, -0.1) is 0 Å². The molecule has 1 aromatic rings. The molecule has 0 spiro atoms. The second-order valence-corrected chi connectivity index (χ2v) is 5.22. The Hall–Kier alpha value is -1.75. The van der Waals surface area contributed by atoms with Crippen molar-refractivity contribution in [2.24, 2.45) is 0 Å².